The van der Waals surface area contributed by atoms with Gasteiger partial charge in [-0.2, -0.15) is 13.2 Å². The van der Waals surface area contributed by atoms with Crippen molar-refractivity contribution in [3.63, 3.8) is 0 Å². The van der Waals surface area contributed by atoms with Crippen molar-refractivity contribution in [2.75, 3.05) is 11.9 Å². The Bertz CT molecular complexity index is 447. The number of hydrogen-bond donors (Lipinski definition) is 2. The van der Waals surface area contributed by atoms with E-state index in [9.17, 15) is 18.0 Å². The van der Waals surface area contributed by atoms with Crippen LogP contribution in [-0.2, 0) is 0 Å². The molecule has 0 aliphatic rings. The van der Waals surface area contributed by atoms with E-state index in [2.05, 4.69) is 5.32 Å². The topological polar surface area (TPSA) is 49.3 Å². The average molecular weight is 303 g/mol. The van der Waals surface area contributed by atoms with Crippen molar-refractivity contribution >= 4 is 11.7 Å². The van der Waals surface area contributed by atoms with Gasteiger partial charge in [-0.05, 0) is 25.0 Å². The number of anilines is 1. The third-order valence-electron chi connectivity index (χ3n) is 3.11. The molecule has 0 aliphatic heterocycles. The van der Waals surface area contributed by atoms with Gasteiger partial charge in [-0.25, -0.2) is 4.79 Å². The molecule has 3 nitrogen and oxygen atoms in total. The summed E-state index contributed by atoms with van der Waals surface area (Å²) in [7, 11) is 0. The highest BCUT2D eigenvalue weighted by atomic mass is 19.4. The lowest BCUT2D eigenvalue weighted by Gasteiger charge is -2.09. The number of para-hydroxylation sites is 1. The van der Waals surface area contributed by atoms with Crippen LogP contribution in [0.5, 0.6) is 0 Å². The van der Waals surface area contributed by atoms with Gasteiger partial charge in [0, 0.05) is 18.7 Å². The number of alkyl halides is 3. The molecule has 0 atom stereocenters. The van der Waals surface area contributed by atoms with Crippen molar-refractivity contribution in [3.05, 3.63) is 29.8 Å². The molecule has 0 fully saturated rings. The number of benzene rings is 1. The molecule has 0 saturated heterocycles. The number of unbranched alkanes of at least 4 members (excludes halogenated alkanes) is 4. The van der Waals surface area contributed by atoms with Crippen molar-refractivity contribution < 1.29 is 23.1 Å². The molecule has 0 heterocycles. The third kappa shape index (κ3) is 7.58. The number of carbonyl (C=O) groups is 1. The molecule has 1 rings (SSSR count). The molecule has 0 aliphatic carbocycles. The minimum Gasteiger partial charge on any atom is -0.478 e. The Kier molecular flexibility index (Phi) is 7.05. The number of nitrogens with one attached hydrogen (secondary N) is 1. The second-order valence-electron chi connectivity index (χ2n) is 4.91. The highest BCUT2D eigenvalue weighted by molar-refractivity contribution is 5.94. The summed E-state index contributed by atoms with van der Waals surface area (Å²) in [6, 6.07) is 6.65. The summed E-state index contributed by atoms with van der Waals surface area (Å²) < 4.78 is 35.8. The Morgan fingerprint density at radius 2 is 1.67 bits per heavy atom. The number of aromatic carboxylic acids is 1. The van der Waals surface area contributed by atoms with E-state index in [-0.39, 0.29) is 12.0 Å². The standard InChI is InChI=1S/C15H20F3NO2/c16-15(17,18)10-6-2-1-3-7-11-19-13-9-5-4-8-12(13)14(20)21/h4-5,8-9,19H,1-3,6-7,10-11H2,(H,20,21). The first-order valence-electron chi connectivity index (χ1n) is 7.03. The fraction of sp³-hybridized carbons (Fsp3) is 0.533. The lowest BCUT2D eigenvalue weighted by Crippen LogP contribution is -2.07. The maximum atomic E-state index is 11.9. The van der Waals surface area contributed by atoms with Crippen LogP contribution in [0.2, 0.25) is 0 Å². The Labute approximate surface area is 122 Å². The van der Waals surface area contributed by atoms with Crippen molar-refractivity contribution in [1.82, 2.24) is 0 Å². The second kappa shape index (κ2) is 8.54. The first-order chi connectivity index (χ1) is 9.90. The Balaban J connectivity index is 2.14. The molecule has 21 heavy (non-hydrogen) atoms. The van der Waals surface area contributed by atoms with Gasteiger partial charge >= 0.3 is 12.1 Å². The zero-order valence-electron chi connectivity index (χ0n) is 11.7. The lowest BCUT2D eigenvalue weighted by molar-refractivity contribution is -0.135. The van der Waals surface area contributed by atoms with Crippen molar-refractivity contribution in [2.45, 2.75) is 44.7 Å². The third-order valence-corrected chi connectivity index (χ3v) is 3.11. The normalized spacial score (nSPS) is 11.4. The molecule has 0 aromatic heterocycles. The molecule has 0 unspecified atom stereocenters. The second-order valence-corrected chi connectivity index (χ2v) is 4.91. The molecule has 0 spiro atoms. The molecule has 0 saturated carbocycles. The molecular formula is C15H20F3NO2. The summed E-state index contributed by atoms with van der Waals surface area (Å²) in [6.07, 6.45) is -1.61. The van der Waals surface area contributed by atoms with Crippen LogP contribution in [0.25, 0.3) is 0 Å². The lowest BCUT2D eigenvalue weighted by atomic mass is 10.1. The summed E-state index contributed by atoms with van der Waals surface area (Å²) in [5.41, 5.74) is 0.796. The van der Waals surface area contributed by atoms with Crippen molar-refractivity contribution in [1.29, 1.82) is 0 Å². The maximum Gasteiger partial charge on any atom is 0.389 e. The van der Waals surface area contributed by atoms with Crippen molar-refractivity contribution in [2.24, 2.45) is 0 Å². The zero-order chi connectivity index (χ0) is 15.7. The first kappa shape index (κ1) is 17.3. The number of rotatable bonds is 9. The Morgan fingerprint density at radius 1 is 1.05 bits per heavy atom. The van der Waals surface area contributed by atoms with E-state index >= 15 is 0 Å². The molecule has 2 N–H and O–H groups in total. The largest absolute Gasteiger partial charge is 0.478 e. The van der Waals surface area contributed by atoms with E-state index in [1.165, 1.54) is 6.07 Å². The van der Waals surface area contributed by atoms with E-state index < -0.39 is 18.6 Å². The number of hydrogen-bond acceptors (Lipinski definition) is 2. The monoisotopic (exact) mass is 303 g/mol. The highest BCUT2D eigenvalue weighted by Gasteiger charge is 2.25. The molecule has 1 aromatic rings. The van der Waals surface area contributed by atoms with Crippen LogP contribution < -0.4 is 5.32 Å². The molecule has 0 bridgehead atoms. The van der Waals surface area contributed by atoms with Crippen LogP contribution in [-0.4, -0.2) is 23.8 Å². The van der Waals surface area contributed by atoms with E-state index in [0.29, 0.717) is 18.7 Å². The van der Waals surface area contributed by atoms with E-state index in [0.717, 1.165) is 19.3 Å². The van der Waals surface area contributed by atoms with Gasteiger partial charge < -0.3 is 10.4 Å². The van der Waals surface area contributed by atoms with Gasteiger partial charge in [0.15, 0.2) is 0 Å². The molecular weight excluding hydrogens is 283 g/mol. The molecule has 0 radical (unpaired) electrons. The summed E-state index contributed by atoms with van der Waals surface area (Å²) >= 11 is 0. The van der Waals surface area contributed by atoms with Gasteiger partial charge in [0.2, 0.25) is 0 Å². The van der Waals surface area contributed by atoms with E-state index in [4.69, 9.17) is 5.11 Å². The Hall–Kier alpha value is -1.72. The number of carboxylic acid groups (broad SMARTS) is 1. The molecule has 1 aromatic carbocycles. The first-order valence-corrected chi connectivity index (χ1v) is 7.03. The van der Waals surface area contributed by atoms with E-state index in [1.807, 2.05) is 0 Å². The highest BCUT2D eigenvalue weighted by Crippen LogP contribution is 2.23. The van der Waals surface area contributed by atoms with Crippen LogP contribution in [0.4, 0.5) is 18.9 Å². The van der Waals surface area contributed by atoms with Crippen LogP contribution in [0.15, 0.2) is 24.3 Å². The minimum absolute atomic E-state index is 0.179. The Morgan fingerprint density at radius 3 is 2.33 bits per heavy atom. The number of halogens is 3. The predicted molar refractivity (Wildman–Crippen MR) is 75.6 cm³/mol. The summed E-state index contributed by atoms with van der Waals surface area (Å²) in [4.78, 5) is 11.0. The zero-order valence-corrected chi connectivity index (χ0v) is 11.7. The van der Waals surface area contributed by atoms with Gasteiger partial charge in [-0.3, -0.25) is 0 Å². The SMILES string of the molecule is O=C(O)c1ccccc1NCCCCCCCC(F)(F)F. The van der Waals surface area contributed by atoms with Crippen molar-refractivity contribution in [3.8, 4) is 0 Å². The van der Waals surface area contributed by atoms with Gasteiger partial charge in [-0.1, -0.05) is 31.4 Å². The van der Waals surface area contributed by atoms with E-state index in [1.54, 1.807) is 18.2 Å². The predicted octanol–water partition coefficient (Wildman–Crippen LogP) is 4.70. The molecule has 6 heteroatoms. The summed E-state index contributed by atoms with van der Waals surface area (Å²) in [5.74, 6) is -0.981. The van der Waals surface area contributed by atoms with Crippen LogP contribution in [0, 0.1) is 0 Å². The van der Waals surface area contributed by atoms with Gasteiger partial charge in [0.1, 0.15) is 0 Å². The average Bonchev–Trinajstić information content (AvgIpc) is 2.41. The molecule has 0 amide bonds. The van der Waals surface area contributed by atoms with Gasteiger partial charge in [0.25, 0.3) is 0 Å². The minimum atomic E-state index is -4.05. The van der Waals surface area contributed by atoms with Crippen LogP contribution >= 0.6 is 0 Å². The summed E-state index contributed by atoms with van der Waals surface area (Å²) in [5, 5.41) is 12.0. The van der Waals surface area contributed by atoms with Gasteiger partial charge in [-0.15, -0.1) is 0 Å². The quantitative estimate of drug-likeness (QED) is 0.650. The summed E-state index contributed by atoms with van der Waals surface area (Å²) in [6.45, 7) is 0.615. The van der Waals surface area contributed by atoms with Crippen LogP contribution in [0.3, 0.4) is 0 Å². The maximum absolute atomic E-state index is 11.9. The fourth-order valence-corrected chi connectivity index (χ4v) is 2.03. The van der Waals surface area contributed by atoms with Crippen LogP contribution in [0.1, 0.15) is 48.9 Å². The fourth-order valence-electron chi connectivity index (χ4n) is 2.03. The number of carboxylic acids is 1. The molecule has 118 valence electrons. The van der Waals surface area contributed by atoms with Gasteiger partial charge in [0.05, 0.1) is 5.56 Å². The smallest absolute Gasteiger partial charge is 0.389 e.